The van der Waals surface area contributed by atoms with Crippen LogP contribution in [0, 0.1) is 0 Å². The number of carbonyl (C=O) groups is 1. The Balaban J connectivity index is 2.02. The van der Waals surface area contributed by atoms with Gasteiger partial charge in [0.2, 0.25) is 5.95 Å². The van der Waals surface area contributed by atoms with Crippen LogP contribution in [-0.4, -0.2) is 45.6 Å². The summed E-state index contributed by atoms with van der Waals surface area (Å²) < 4.78 is 0. The molecule has 1 aromatic heterocycles. The zero-order valence-corrected chi connectivity index (χ0v) is 13.7. The van der Waals surface area contributed by atoms with E-state index in [1.54, 1.807) is 48.4 Å². The predicted octanol–water partition coefficient (Wildman–Crippen LogP) is 2.06. The SMILES string of the molecule is CSCC[C@@H](CO)NC(=O)c1cccc(Nc2ncccn2)c1. The molecule has 0 radical (unpaired) electrons. The molecular formula is C16H20N4O2S. The summed E-state index contributed by atoms with van der Waals surface area (Å²) in [4.78, 5) is 20.5. The lowest BCUT2D eigenvalue weighted by molar-refractivity contribution is 0.0915. The third kappa shape index (κ3) is 5.54. The molecule has 0 saturated carbocycles. The molecule has 1 aromatic carbocycles. The van der Waals surface area contributed by atoms with E-state index in [0.29, 0.717) is 11.5 Å². The zero-order valence-electron chi connectivity index (χ0n) is 12.9. The van der Waals surface area contributed by atoms with Gasteiger partial charge < -0.3 is 15.7 Å². The summed E-state index contributed by atoms with van der Waals surface area (Å²) in [5.74, 6) is 1.15. The number of rotatable bonds is 8. The van der Waals surface area contributed by atoms with E-state index in [4.69, 9.17) is 0 Å². The zero-order chi connectivity index (χ0) is 16.5. The lowest BCUT2D eigenvalue weighted by Gasteiger charge is -2.16. The summed E-state index contributed by atoms with van der Waals surface area (Å²) in [5, 5.41) is 15.2. The van der Waals surface area contributed by atoms with Crippen molar-refractivity contribution >= 4 is 29.3 Å². The second kappa shape index (κ2) is 9.12. The van der Waals surface area contributed by atoms with E-state index in [-0.39, 0.29) is 18.6 Å². The molecule has 0 bridgehead atoms. The maximum absolute atomic E-state index is 12.3. The topological polar surface area (TPSA) is 87.1 Å². The van der Waals surface area contributed by atoms with Gasteiger partial charge in [-0.15, -0.1) is 0 Å². The fourth-order valence-electron chi connectivity index (χ4n) is 1.97. The number of nitrogens with one attached hydrogen (secondary N) is 2. The third-order valence-corrected chi connectivity index (χ3v) is 3.82. The first-order valence-corrected chi connectivity index (χ1v) is 8.67. The van der Waals surface area contributed by atoms with Crippen LogP contribution in [0.15, 0.2) is 42.7 Å². The van der Waals surface area contributed by atoms with E-state index in [1.807, 2.05) is 12.3 Å². The Labute approximate surface area is 139 Å². The number of hydrogen-bond acceptors (Lipinski definition) is 6. The molecular weight excluding hydrogens is 312 g/mol. The highest BCUT2D eigenvalue weighted by Crippen LogP contribution is 2.14. The van der Waals surface area contributed by atoms with Crippen LogP contribution in [-0.2, 0) is 0 Å². The molecule has 23 heavy (non-hydrogen) atoms. The maximum atomic E-state index is 12.3. The first-order chi connectivity index (χ1) is 11.2. The van der Waals surface area contributed by atoms with Gasteiger partial charge in [0.25, 0.3) is 5.91 Å². The fraction of sp³-hybridized carbons (Fsp3) is 0.312. The van der Waals surface area contributed by atoms with Crippen molar-refractivity contribution in [2.75, 3.05) is 23.9 Å². The first kappa shape index (κ1) is 17.2. The highest BCUT2D eigenvalue weighted by Gasteiger charge is 2.13. The Morgan fingerprint density at radius 1 is 1.30 bits per heavy atom. The second-order valence-corrected chi connectivity index (χ2v) is 5.90. The van der Waals surface area contributed by atoms with Crippen LogP contribution in [0.1, 0.15) is 16.8 Å². The molecule has 3 N–H and O–H groups in total. The first-order valence-electron chi connectivity index (χ1n) is 7.27. The number of aliphatic hydroxyl groups excluding tert-OH is 1. The number of hydrogen-bond donors (Lipinski definition) is 3. The van der Waals surface area contributed by atoms with Gasteiger partial charge >= 0.3 is 0 Å². The van der Waals surface area contributed by atoms with E-state index >= 15 is 0 Å². The van der Waals surface area contributed by atoms with Gasteiger partial charge in [-0.1, -0.05) is 6.07 Å². The van der Waals surface area contributed by atoms with Crippen molar-refractivity contribution in [2.45, 2.75) is 12.5 Å². The van der Waals surface area contributed by atoms with Crippen molar-refractivity contribution in [3.05, 3.63) is 48.3 Å². The average Bonchev–Trinajstić information content (AvgIpc) is 2.59. The number of nitrogens with zero attached hydrogens (tertiary/aromatic N) is 2. The molecule has 1 atom stereocenters. The summed E-state index contributed by atoms with van der Waals surface area (Å²) in [6.07, 6.45) is 6.02. The Bertz CT molecular complexity index is 624. The number of carbonyl (C=O) groups excluding carboxylic acids is 1. The molecule has 7 heteroatoms. The molecule has 2 aromatic rings. The summed E-state index contributed by atoms with van der Waals surface area (Å²) in [5.41, 5.74) is 1.25. The number of aromatic nitrogens is 2. The summed E-state index contributed by atoms with van der Waals surface area (Å²) >= 11 is 1.69. The number of thioether (sulfide) groups is 1. The Morgan fingerprint density at radius 3 is 2.78 bits per heavy atom. The van der Waals surface area contributed by atoms with Gasteiger partial charge in [0.15, 0.2) is 0 Å². The standard InChI is InChI=1S/C16H20N4O2S/c1-23-9-6-14(11-21)19-15(22)12-4-2-5-13(10-12)20-16-17-7-3-8-18-16/h2-5,7-8,10,14,21H,6,9,11H2,1H3,(H,19,22)(H,17,18,20)/t14-/m0/s1. The molecule has 0 saturated heterocycles. The molecule has 0 fully saturated rings. The van der Waals surface area contributed by atoms with E-state index in [2.05, 4.69) is 20.6 Å². The molecule has 122 valence electrons. The minimum atomic E-state index is -0.232. The summed E-state index contributed by atoms with van der Waals surface area (Å²) in [7, 11) is 0. The minimum Gasteiger partial charge on any atom is -0.394 e. The molecule has 0 unspecified atom stereocenters. The van der Waals surface area contributed by atoms with Crippen molar-refractivity contribution in [3.63, 3.8) is 0 Å². The van der Waals surface area contributed by atoms with Gasteiger partial charge in [0.1, 0.15) is 0 Å². The summed E-state index contributed by atoms with van der Waals surface area (Å²) in [6, 6.07) is 8.59. The number of benzene rings is 1. The van der Waals surface area contributed by atoms with E-state index in [0.717, 1.165) is 17.9 Å². The molecule has 1 heterocycles. The van der Waals surface area contributed by atoms with E-state index < -0.39 is 0 Å². The van der Waals surface area contributed by atoms with Crippen LogP contribution < -0.4 is 10.6 Å². The molecule has 0 aliphatic heterocycles. The average molecular weight is 332 g/mol. The van der Waals surface area contributed by atoms with Crippen LogP contribution >= 0.6 is 11.8 Å². The van der Waals surface area contributed by atoms with Crippen molar-refractivity contribution < 1.29 is 9.90 Å². The summed E-state index contributed by atoms with van der Waals surface area (Å²) in [6.45, 7) is -0.0674. The normalized spacial score (nSPS) is 11.7. The predicted molar refractivity (Wildman–Crippen MR) is 93.1 cm³/mol. The Kier molecular flexibility index (Phi) is 6.83. The van der Waals surface area contributed by atoms with Gasteiger partial charge in [-0.3, -0.25) is 4.79 Å². The van der Waals surface area contributed by atoms with Gasteiger partial charge in [-0.25, -0.2) is 9.97 Å². The quantitative estimate of drug-likeness (QED) is 0.686. The monoisotopic (exact) mass is 332 g/mol. The van der Waals surface area contributed by atoms with Gasteiger partial charge in [0, 0.05) is 23.6 Å². The molecule has 6 nitrogen and oxygen atoms in total. The highest BCUT2D eigenvalue weighted by atomic mass is 32.2. The smallest absolute Gasteiger partial charge is 0.251 e. The second-order valence-electron chi connectivity index (χ2n) is 4.91. The van der Waals surface area contributed by atoms with Gasteiger partial charge in [0.05, 0.1) is 12.6 Å². The van der Waals surface area contributed by atoms with Crippen LogP contribution in [0.3, 0.4) is 0 Å². The van der Waals surface area contributed by atoms with Crippen LogP contribution in [0.4, 0.5) is 11.6 Å². The fourth-order valence-corrected chi connectivity index (χ4v) is 2.49. The van der Waals surface area contributed by atoms with Gasteiger partial charge in [-0.2, -0.15) is 11.8 Å². The third-order valence-electron chi connectivity index (χ3n) is 3.17. The van der Waals surface area contributed by atoms with Crippen LogP contribution in [0.5, 0.6) is 0 Å². The largest absolute Gasteiger partial charge is 0.394 e. The van der Waals surface area contributed by atoms with Crippen molar-refractivity contribution in [2.24, 2.45) is 0 Å². The van der Waals surface area contributed by atoms with Crippen LogP contribution in [0.25, 0.3) is 0 Å². The van der Waals surface area contributed by atoms with E-state index in [1.165, 1.54) is 0 Å². The Morgan fingerprint density at radius 2 is 2.09 bits per heavy atom. The minimum absolute atomic E-state index is 0.0674. The van der Waals surface area contributed by atoms with Crippen molar-refractivity contribution in [3.8, 4) is 0 Å². The molecule has 0 aliphatic rings. The molecule has 0 spiro atoms. The van der Waals surface area contributed by atoms with Crippen molar-refractivity contribution in [1.82, 2.24) is 15.3 Å². The van der Waals surface area contributed by atoms with Gasteiger partial charge in [-0.05, 0) is 42.7 Å². The van der Waals surface area contributed by atoms with E-state index in [9.17, 15) is 9.90 Å². The lowest BCUT2D eigenvalue weighted by atomic mass is 10.1. The number of aliphatic hydroxyl groups is 1. The number of anilines is 2. The molecule has 0 aliphatic carbocycles. The number of amides is 1. The molecule has 2 rings (SSSR count). The highest BCUT2D eigenvalue weighted by molar-refractivity contribution is 7.98. The van der Waals surface area contributed by atoms with Crippen LogP contribution in [0.2, 0.25) is 0 Å². The maximum Gasteiger partial charge on any atom is 0.251 e. The Hall–Kier alpha value is -2.12. The van der Waals surface area contributed by atoms with Crippen molar-refractivity contribution in [1.29, 1.82) is 0 Å². The lowest BCUT2D eigenvalue weighted by Crippen LogP contribution is -2.37. The molecule has 1 amide bonds.